The summed E-state index contributed by atoms with van der Waals surface area (Å²) in [6, 6.07) is 2.13. The minimum atomic E-state index is -3.29. The molecule has 3 rings (SSSR count). The maximum atomic E-state index is 12.2. The summed E-state index contributed by atoms with van der Waals surface area (Å²) in [7, 11) is -0.110. The van der Waals surface area contributed by atoms with Gasteiger partial charge >= 0.3 is 0 Å². The van der Waals surface area contributed by atoms with E-state index in [-0.39, 0.29) is 0 Å². The number of anilines is 1. The quantitative estimate of drug-likeness (QED) is 0.788. The minimum Gasteiger partial charge on any atom is -0.357 e. The van der Waals surface area contributed by atoms with E-state index >= 15 is 0 Å². The van der Waals surface area contributed by atoms with E-state index in [0.717, 1.165) is 49.7 Å². The lowest BCUT2D eigenvalue weighted by Crippen LogP contribution is -2.44. The van der Waals surface area contributed by atoms with Gasteiger partial charge in [0.05, 0.1) is 0 Å². The van der Waals surface area contributed by atoms with Gasteiger partial charge in [-0.1, -0.05) is 0 Å². The molecule has 2 saturated heterocycles. The molecule has 0 spiro atoms. The highest BCUT2D eigenvalue weighted by atomic mass is 32.2. The average Bonchev–Trinajstić information content (AvgIpc) is 3.09. The predicted molar refractivity (Wildman–Crippen MR) is 98.8 cm³/mol. The number of hydrogen-bond donors (Lipinski definition) is 0. The van der Waals surface area contributed by atoms with Crippen molar-refractivity contribution in [1.29, 1.82) is 0 Å². The third-order valence-corrected chi connectivity index (χ3v) is 7.11. The van der Waals surface area contributed by atoms with Gasteiger partial charge in [0.2, 0.25) is 0 Å². The monoisotopic (exact) mass is 367 g/mol. The maximum Gasteiger partial charge on any atom is 0.281 e. The number of rotatable bonds is 5. The van der Waals surface area contributed by atoms with E-state index < -0.39 is 10.2 Å². The summed E-state index contributed by atoms with van der Waals surface area (Å²) in [6.45, 7) is 5.30. The van der Waals surface area contributed by atoms with Crippen LogP contribution in [0.1, 0.15) is 37.2 Å². The van der Waals surface area contributed by atoms with Gasteiger partial charge in [-0.05, 0) is 44.9 Å². The lowest BCUT2D eigenvalue weighted by Gasteiger charge is -2.32. The van der Waals surface area contributed by atoms with Gasteiger partial charge in [0.1, 0.15) is 11.6 Å². The Hall–Kier alpha value is -1.25. The summed E-state index contributed by atoms with van der Waals surface area (Å²) < 4.78 is 27.3. The molecule has 1 aromatic rings. The van der Waals surface area contributed by atoms with Crippen LogP contribution < -0.4 is 4.90 Å². The largest absolute Gasteiger partial charge is 0.357 e. The highest BCUT2D eigenvalue weighted by molar-refractivity contribution is 7.86. The van der Waals surface area contributed by atoms with Gasteiger partial charge in [-0.25, -0.2) is 9.97 Å². The molecule has 0 atom stereocenters. The molecule has 0 saturated carbocycles. The molecule has 0 aliphatic carbocycles. The Kier molecular flexibility index (Phi) is 5.60. The molecular formula is C17H29N5O2S. The zero-order valence-corrected chi connectivity index (χ0v) is 16.3. The summed E-state index contributed by atoms with van der Waals surface area (Å²) in [6.07, 6.45) is 5.14. The third-order valence-electron chi connectivity index (χ3n) is 5.17. The first kappa shape index (κ1) is 18.5. The molecule has 0 bridgehead atoms. The normalized spacial score (nSPS) is 20.6. The van der Waals surface area contributed by atoms with Crippen molar-refractivity contribution in [2.45, 2.75) is 39.0 Å². The van der Waals surface area contributed by atoms with E-state index in [1.807, 2.05) is 6.92 Å². The van der Waals surface area contributed by atoms with Crippen LogP contribution in [0.3, 0.4) is 0 Å². The minimum absolute atomic E-state index is 0.481. The molecule has 2 aliphatic heterocycles. The third kappa shape index (κ3) is 4.30. The SMILES string of the molecule is Cc1nc(CC2CCN(S(=O)(=O)N(C)C)CC2)cc(N2CCCC2)n1. The molecule has 3 heterocycles. The number of aryl methyl sites for hydroxylation is 1. The zero-order valence-electron chi connectivity index (χ0n) is 15.5. The molecular weight excluding hydrogens is 338 g/mol. The molecule has 0 amide bonds. The fourth-order valence-electron chi connectivity index (χ4n) is 3.70. The van der Waals surface area contributed by atoms with Crippen molar-refractivity contribution in [1.82, 2.24) is 18.6 Å². The van der Waals surface area contributed by atoms with E-state index in [0.29, 0.717) is 19.0 Å². The Morgan fingerprint density at radius 1 is 1.12 bits per heavy atom. The van der Waals surface area contributed by atoms with Crippen molar-refractivity contribution in [3.63, 3.8) is 0 Å². The van der Waals surface area contributed by atoms with Crippen molar-refractivity contribution < 1.29 is 8.42 Å². The smallest absolute Gasteiger partial charge is 0.281 e. The second-order valence-corrected chi connectivity index (χ2v) is 9.44. The van der Waals surface area contributed by atoms with Crippen LogP contribution in [0, 0.1) is 12.8 Å². The second-order valence-electron chi connectivity index (χ2n) is 7.30. The van der Waals surface area contributed by atoms with Crippen molar-refractivity contribution in [3.05, 3.63) is 17.6 Å². The van der Waals surface area contributed by atoms with Gasteiger partial charge in [0, 0.05) is 52.0 Å². The molecule has 1 aromatic heterocycles. The van der Waals surface area contributed by atoms with E-state index in [1.165, 1.54) is 17.1 Å². The van der Waals surface area contributed by atoms with Crippen LogP contribution in [0.2, 0.25) is 0 Å². The van der Waals surface area contributed by atoms with Gasteiger partial charge in [-0.3, -0.25) is 0 Å². The molecule has 7 nitrogen and oxygen atoms in total. The van der Waals surface area contributed by atoms with Gasteiger partial charge in [0.25, 0.3) is 10.2 Å². The van der Waals surface area contributed by atoms with Crippen molar-refractivity contribution in [2.24, 2.45) is 5.92 Å². The lowest BCUT2D eigenvalue weighted by molar-refractivity contribution is 0.261. The highest BCUT2D eigenvalue weighted by Crippen LogP contribution is 2.25. The van der Waals surface area contributed by atoms with Crippen molar-refractivity contribution in [2.75, 3.05) is 45.2 Å². The number of hydrogen-bond acceptors (Lipinski definition) is 5. The first-order chi connectivity index (χ1) is 11.9. The fourth-order valence-corrected chi connectivity index (χ4v) is 4.83. The Morgan fingerprint density at radius 2 is 1.76 bits per heavy atom. The molecule has 25 heavy (non-hydrogen) atoms. The second kappa shape index (κ2) is 7.55. The van der Waals surface area contributed by atoms with Gasteiger partial charge in [0.15, 0.2) is 0 Å². The van der Waals surface area contributed by atoms with Crippen LogP contribution in [0.5, 0.6) is 0 Å². The molecule has 0 N–H and O–H groups in total. The summed E-state index contributed by atoms with van der Waals surface area (Å²) in [5.74, 6) is 2.36. The molecule has 2 fully saturated rings. The predicted octanol–water partition coefficient (Wildman–Crippen LogP) is 1.45. The maximum absolute atomic E-state index is 12.2. The van der Waals surface area contributed by atoms with Crippen LogP contribution in [0.15, 0.2) is 6.07 Å². The lowest BCUT2D eigenvalue weighted by atomic mass is 9.93. The Balaban J connectivity index is 1.62. The van der Waals surface area contributed by atoms with Crippen LogP contribution >= 0.6 is 0 Å². The fraction of sp³-hybridized carbons (Fsp3) is 0.765. The van der Waals surface area contributed by atoms with Crippen LogP contribution in [0.4, 0.5) is 5.82 Å². The number of piperidine rings is 1. The van der Waals surface area contributed by atoms with E-state index in [9.17, 15) is 8.42 Å². The van der Waals surface area contributed by atoms with Gasteiger partial charge in [-0.15, -0.1) is 0 Å². The molecule has 0 aromatic carbocycles. The Labute approximate surface area is 151 Å². The first-order valence-corrected chi connectivity index (χ1v) is 10.5. The molecule has 0 radical (unpaired) electrons. The van der Waals surface area contributed by atoms with Crippen LogP contribution in [-0.2, 0) is 16.6 Å². The van der Waals surface area contributed by atoms with Crippen LogP contribution in [-0.4, -0.2) is 67.3 Å². The van der Waals surface area contributed by atoms with E-state index in [1.54, 1.807) is 18.4 Å². The molecule has 8 heteroatoms. The van der Waals surface area contributed by atoms with Crippen LogP contribution in [0.25, 0.3) is 0 Å². The molecule has 0 unspecified atom stereocenters. The highest BCUT2D eigenvalue weighted by Gasteiger charge is 2.29. The summed E-state index contributed by atoms with van der Waals surface area (Å²) in [5.41, 5.74) is 1.09. The summed E-state index contributed by atoms with van der Waals surface area (Å²) >= 11 is 0. The summed E-state index contributed by atoms with van der Waals surface area (Å²) in [4.78, 5) is 11.5. The Bertz CT molecular complexity index is 693. The van der Waals surface area contributed by atoms with E-state index in [2.05, 4.69) is 20.9 Å². The Morgan fingerprint density at radius 3 is 2.36 bits per heavy atom. The van der Waals surface area contributed by atoms with Crippen molar-refractivity contribution >= 4 is 16.0 Å². The molecule has 140 valence electrons. The van der Waals surface area contributed by atoms with E-state index in [4.69, 9.17) is 0 Å². The van der Waals surface area contributed by atoms with Gasteiger partial charge < -0.3 is 4.90 Å². The standard InChI is InChI=1S/C17H29N5O2S/c1-14-18-16(13-17(19-14)21-8-4-5-9-21)12-15-6-10-22(11-7-15)25(23,24)20(2)3/h13,15H,4-12H2,1-3H3. The number of aromatic nitrogens is 2. The van der Waals surface area contributed by atoms with Gasteiger partial charge in [-0.2, -0.15) is 17.0 Å². The summed E-state index contributed by atoms with van der Waals surface area (Å²) in [5, 5.41) is 0. The average molecular weight is 368 g/mol. The first-order valence-electron chi connectivity index (χ1n) is 9.13. The van der Waals surface area contributed by atoms with Crippen molar-refractivity contribution in [3.8, 4) is 0 Å². The zero-order chi connectivity index (χ0) is 18.0. The topological polar surface area (TPSA) is 69.6 Å². The molecule has 2 aliphatic rings. The number of nitrogens with zero attached hydrogens (tertiary/aromatic N) is 5.